The number of anilines is 1. The monoisotopic (exact) mass is 537 g/mol. The van der Waals surface area contributed by atoms with Crippen molar-refractivity contribution >= 4 is 27.5 Å². The van der Waals surface area contributed by atoms with E-state index in [2.05, 4.69) is 5.32 Å². The summed E-state index contributed by atoms with van der Waals surface area (Å²) in [6.07, 6.45) is 0. The molecule has 9 heteroatoms. The number of sulfonamides is 1. The summed E-state index contributed by atoms with van der Waals surface area (Å²) in [6, 6.07) is 21.1. The third-order valence-corrected chi connectivity index (χ3v) is 7.94. The first-order chi connectivity index (χ1) is 18.0. The highest BCUT2D eigenvalue weighted by molar-refractivity contribution is 7.92. The number of rotatable bonds is 11. The Morgan fingerprint density at radius 3 is 2.21 bits per heavy atom. The number of nitrogens with zero attached hydrogens (tertiary/aromatic N) is 2. The van der Waals surface area contributed by atoms with Crippen molar-refractivity contribution in [3.63, 3.8) is 0 Å². The maximum atomic E-state index is 13.9. The molecular formula is C29H35N3O5S. The molecule has 0 aliphatic heterocycles. The summed E-state index contributed by atoms with van der Waals surface area (Å²) in [4.78, 5) is 28.4. The fourth-order valence-electron chi connectivity index (χ4n) is 3.97. The summed E-state index contributed by atoms with van der Waals surface area (Å²) < 4.78 is 33.9. The molecule has 1 N–H and O–H groups in total. The van der Waals surface area contributed by atoms with Gasteiger partial charge in [0, 0.05) is 18.7 Å². The van der Waals surface area contributed by atoms with Gasteiger partial charge >= 0.3 is 0 Å². The normalized spacial score (nSPS) is 12.1. The second-order valence-corrected chi connectivity index (χ2v) is 11.2. The summed E-state index contributed by atoms with van der Waals surface area (Å²) >= 11 is 0. The SMILES string of the molecule is COc1cccc(N(CC(=O)N(Cc2ccccc2C)C(C)C(=O)NC(C)C)S(=O)(=O)c2ccccc2)c1. The summed E-state index contributed by atoms with van der Waals surface area (Å²) in [5.41, 5.74) is 2.10. The molecule has 3 aromatic carbocycles. The standard InChI is InChI=1S/C29H35N3O5S/c1-21(2)30-29(34)23(4)31(19-24-13-10-9-12-22(24)3)28(33)20-32(25-14-11-15-26(18-25)37-5)38(35,36)27-16-7-6-8-17-27/h6-18,21,23H,19-20H2,1-5H3,(H,30,34). The fourth-order valence-corrected chi connectivity index (χ4v) is 5.40. The van der Waals surface area contributed by atoms with Crippen LogP contribution in [-0.2, 0) is 26.2 Å². The lowest BCUT2D eigenvalue weighted by Gasteiger charge is -2.32. The van der Waals surface area contributed by atoms with Crippen LogP contribution in [0.25, 0.3) is 0 Å². The Hall–Kier alpha value is -3.85. The smallest absolute Gasteiger partial charge is 0.264 e. The van der Waals surface area contributed by atoms with Crippen molar-refractivity contribution in [2.24, 2.45) is 0 Å². The molecule has 2 amide bonds. The molecule has 0 saturated heterocycles. The first-order valence-corrected chi connectivity index (χ1v) is 13.8. The predicted octanol–water partition coefficient (Wildman–Crippen LogP) is 4.14. The van der Waals surface area contributed by atoms with Crippen molar-refractivity contribution in [1.29, 1.82) is 0 Å². The number of carbonyl (C=O) groups excluding carboxylic acids is 2. The van der Waals surface area contributed by atoms with Crippen molar-refractivity contribution in [3.8, 4) is 5.75 Å². The van der Waals surface area contributed by atoms with Crippen molar-refractivity contribution < 1.29 is 22.7 Å². The summed E-state index contributed by atoms with van der Waals surface area (Å²) in [5, 5.41) is 2.85. The van der Waals surface area contributed by atoms with Crippen molar-refractivity contribution in [3.05, 3.63) is 90.0 Å². The van der Waals surface area contributed by atoms with Crippen LogP contribution in [0.4, 0.5) is 5.69 Å². The lowest BCUT2D eigenvalue weighted by Crippen LogP contribution is -2.52. The lowest BCUT2D eigenvalue weighted by atomic mass is 10.1. The molecule has 38 heavy (non-hydrogen) atoms. The predicted molar refractivity (Wildman–Crippen MR) is 148 cm³/mol. The van der Waals surface area contributed by atoms with Gasteiger partial charge in [0.2, 0.25) is 11.8 Å². The minimum absolute atomic E-state index is 0.0478. The number of carbonyl (C=O) groups is 2. The molecule has 3 aromatic rings. The molecule has 0 aliphatic carbocycles. The van der Waals surface area contributed by atoms with E-state index >= 15 is 0 Å². The molecule has 0 saturated carbocycles. The van der Waals surface area contributed by atoms with E-state index in [0.29, 0.717) is 5.75 Å². The van der Waals surface area contributed by atoms with Gasteiger partial charge in [-0.25, -0.2) is 8.42 Å². The van der Waals surface area contributed by atoms with E-state index in [4.69, 9.17) is 4.74 Å². The van der Waals surface area contributed by atoms with Gasteiger partial charge in [0.1, 0.15) is 18.3 Å². The molecule has 0 fully saturated rings. The second-order valence-electron chi connectivity index (χ2n) is 9.31. The van der Waals surface area contributed by atoms with Gasteiger partial charge < -0.3 is 15.0 Å². The largest absolute Gasteiger partial charge is 0.497 e. The van der Waals surface area contributed by atoms with E-state index in [1.54, 1.807) is 49.4 Å². The molecule has 3 rings (SSSR count). The molecule has 0 heterocycles. The molecule has 0 aliphatic rings. The molecule has 202 valence electrons. The third-order valence-electron chi connectivity index (χ3n) is 6.15. The van der Waals surface area contributed by atoms with Crippen molar-refractivity contribution in [2.45, 2.75) is 51.2 Å². The van der Waals surface area contributed by atoms with Gasteiger partial charge in [-0.3, -0.25) is 13.9 Å². The Balaban J connectivity index is 2.05. The first kappa shape index (κ1) is 28.7. The number of amides is 2. The highest BCUT2D eigenvalue weighted by atomic mass is 32.2. The molecule has 8 nitrogen and oxygen atoms in total. The number of hydrogen-bond donors (Lipinski definition) is 1. The Labute approximate surface area is 225 Å². The Bertz CT molecular complexity index is 1360. The van der Waals surface area contributed by atoms with E-state index in [0.717, 1.165) is 15.4 Å². The fraction of sp³-hybridized carbons (Fsp3) is 0.310. The highest BCUT2D eigenvalue weighted by Gasteiger charge is 2.33. The van der Waals surface area contributed by atoms with Crippen LogP contribution in [0, 0.1) is 6.92 Å². The van der Waals surface area contributed by atoms with Crippen LogP contribution in [0.1, 0.15) is 31.9 Å². The third kappa shape index (κ3) is 6.92. The van der Waals surface area contributed by atoms with Gasteiger partial charge in [0.05, 0.1) is 17.7 Å². The second kappa shape index (κ2) is 12.6. The summed E-state index contributed by atoms with van der Waals surface area (Å²) in [6.45, 7) is 6.91. The van der Waals surface area contributed by atoms with Crippen LogP contribution in [0.5, 0.6) is 5.75 Å². The Morgan fingerprint density at radius 2 is 1.58 bits per heavy atom. The van der Waals surface area contributed by atoms with E-state index < -0.39 is 28.5 Å². The van der Waals surface area contributed by atoms with Gasteiger partial charge in [-0.2, -0.15) is 0 Å². The average Bonchev–Trinajstić information content (AvgIpc) is 2.90. The topological polar surface area (TPSA) is 96.0 Å². The summed E-state index contributed by atoms with van der Waals surface area (Å²) in [5.74, 6) is -0.382. The molecule has 0 spiro atoms. The molecular weight excluding hydrogens is 502 g/mol. The van der Waals surface area contributed by atoms with E-state index in [1.165, 1.54) is 24.1 Å². The van der Waals surface area contributed by atoms with E-state index in [-0.39, 0.29) is 29.1 Å². The molecule has 0 aromatic heterocycles. The van der Waals surface area contributed by atoms with Gasteiger partial charge in [-0.05, 0) is 63.1 Å². The van der Waals surface area contributed by atoms with Gasteiger partial charge in [0.15, 0.2) is 0 Å². The van der Waals surface area contributed by atoms with E-state index in [9.17, 15) is 18.0 Å². The quantitative estimate of drug-likeness (QED) is 0.397. The molecule has 0 radical (unpaired) electrons. The summed E-state index contributed by atoms with van der Waals surface area (Å²) in [7, 11) is -2.64. The number of methoxy groups -OCH3 is 1. The number of hydrogen-bond acceptors (Lipinski definition) is 5. The van der Waals surface area contributed by atoms with Crippen LogP contribution in [0.15, 0.2) is 83.8 Å². The van der Waals surface area contributed by atoms with Gasteiger partial charge in [-0.15, -0.1) is 0 Å². The zero-order valence-corrected chi connectivity index (χ0v) is 23.2. The zero-order valence-electron chi connectivity index (χ0n) is 22.4. The maximum absolute atomic E-state index is 13.9. The van der Waals surface area contributed by atoms with Crippen LogP contribution in [0.3, 0.4) is 0 Å². The minimum Gasteiger partial charge on any atom is -0.497 e. The minimum atomic E-state index is -4.12. The average molecular weight is 538 g/mol. The molecule has 0 bridgehead atoms. The molecule has 1 atom stereocenters. The van der Waals surface area contributed by atoms with Crippen molar-refractivity contribution in [2.75, 3.05) is 18.0 Å². The number of ether oxygens (including phenoxy) is 1. The first-order valence-electron chi connectivity index (χ1n) is 12.4. The van der Waals surface area contributed by atoms with Crippen LogP contribution >= 0.6 is 0 Å². The van der Waals surface area contributed by atoms with Gasteiger partial charge in [-0.1, -0.05) is 48.5 Å². The highest BCUT2D eigenvalue weighted by Crippen LogP contribution is 2.27. The van der Waals surface area contributed by atoms with Crippen molar-refractivity contribution in [1.82, 2.24) is 10.2 Å². The number of benzene rings is 3. The number of nitrogens with one attached hydrogen (secondary N) is 1. The van der Waals surface area contributed by atoms with Crippen LogP contribution < -0.4 is 14.4 Å². The molecule has 1 unspecified atom stereocenters. The zero-order chi connectivity index (χ0) is 27.9. The van der Waals surface area contributed by atoms with E-state index in [1.807, 2.05) is 45.0 Å². The lowest BCUT2D eigenvalue weighted by molar-refractivity contribution is -0.139. The van der Waals surface area contributed by atoms with Crippen LogP contribution in [0.2, 0.25) is 0 Å². The Kier molecular flexibility index (Phi) is 9.52. The number of aryl methyl sites for hydroxylation is 1. The van der Waals surface area contributed by atoms with Crippen LogP contribution in [-0.4, -0.2) is 50.9 Å². The Morgan fingerprint density at radius 1 is 0.921 bits per heavy atom. The maximum Gasteiger partial charge on any atom is 0.264 e. The van der Waals surface area contributed by atoms with Gasteiger partial charge in [0.25, 0.3) is 10.0 Å².